The summed E-state index contributed by atoms with van der Waals surface area (Å²) in [6.07, 6.45) is 2.00. The number of aliphatic hydroxyl groups excluding tert-OH is 1. The van der Waals surface area contributed by atoms with Crippen molar-refractivity contribution >= 4 is 11.5 Å². The standard InChI is InChI=1S/C21H26O7/c1-5-25-20(23)16-9-12(2)18-15(27-16)11-14-13(19(18)26-8-6-7-22)10-17(28-14)21(3,4)24/h9,11,17,22,24H,2,5-8,10H2,1,3-4H3. The van der Waals surface area contributed by atoms with Crippen LogP contribution in [0.2, 0.25) is 0 Å². The fraction of sp³-hybridized carbons (Fsp3) is 0.476. The number of benzene rings is 1. The second-order valence-electron chi connectivity index (χ2n) is 7.30. The minimum atomic E-state index is -1.05. The molecule has 0 fully saturated rings. The molecule has 28 heavy (non-hydrogen) atoms. The molecule has 152 valence electrons. The van der Waals surface area contributed by atoms with E-state index in [1.165, 1.54) is 6.08 Å². The number of hydrogen-bond acceptors (Lipinski definition) is 7. The molecule has 2 heterocycles. The first kappa shape index (κ1) is 20.2. The van der Waals surface area contributed by atoms with Gasteiger partial charge in [0, 0.05) is 31.1 Å². The van der Waals surface area contributed by atoms with Crippen LogP contribution in [0.25, 0.3) is 5.57 Å². The van der Waals surface area contributed by atoms with Crippen LogP contribution in [0.4, 0.5) is 0 Å². The normalized spacial score (nSPS) is 17.8. The van der Waals surface area contributed by atoms with E-state index in [0.29, 0.717) is 47.8 Å². The molecule has 1 unspecified atom stereocenters. The molecule has 2 aliphatic rings. The molecule has 0 spiro atoms. The topological polar surface area (TPSA) is 94.5 Å². The molecule has 0 radical (unpaired) electrons. The first-order chi connectivity index (χ1) is 13.3. The Morgan fingerprint density at radius 2 is 2.14 bits per heavy atom. The maximum atomic E-state index is 12.1. The maximum absolute atomic E-state index is 12.1. The van der Waals surface area contributed by atoms with Crippen molar-refractivity contribution in [1.29, 1.82) is 0 Å². The van der Waals surface area contributed by atoms with Gasteiger partial charge in [-0.1, -0.05) is 6.58 Å². The van der Waals surface area contributed by atoms with Crippen LogP contribution in [-0.2, 0) is 16.0 Å². The quantitative estimate of drug-likeness (QED) is 0.545. The molecular weight excluding hydrogens is 364 g/mol. The lowest BCUT2D eigenvalue weighted by atomic mass is 9.93. The molecule has 0 aliphatic carbocycles. The third kappa shape index (κ3) is 3.86. The van der Waals surface area contributed by atoms with Crippen LogP contribution in [0.3, 0.4) is 0 Å². The van der Waals surface area contributed by atoms with Crippen molar-refractivity contribution in [3.05, 3.63) is 35.6 Å². The summed E-state index contributed by atoms with van der Waals surface area (Å²) in [7, 11) is 0. The summed E-state index contributed by atoms with van der Waals surface area (Å²) >= 11 is 0. The first-order valence-electron chi connectivity index (χ1n) is 9.34. The third-order valence-electron chi connectivity index (χ3n) is 4.63. The number of rotatable bonds is 7. The van der Waals surface area contributed by atoms with Crippen molar-refractivity contribution < 1.29 is 34.0 Å². The van der Waals surface area contributed by atoms with Crippen molar-refractivity contribution in [2.45, 2.75) is 45.3 Å². The Labute approximate surface area is 164 Å². The van der Waals surface area contributed by atoms with Crippen molar-refractivity contribution in [3.8, 4) is 17.2 Å². The van der Waals surface area contributed by atoms with E-state index in [1.807, 2.05) is 0 Å². The van der Waals surface area contributed by atoms with Crippen LogP contribution in [0, 0.1) is 0 Å². The average molecular weight is 390 g/mol. The van der Waals surface area contributed by atoms with Gasteiger partial charge in [0.15, 0.2) is 0 Å². The summed E-state index contributed by atoms with van der Waals surface area (Å²) in [6.45, 7) is 9.67. The van der Waals surface area contributed by atoms with E-state index in [9.17, 15) is 9.90 Å². The molecule has 2 N–H and O–H groups in total. The molecule has 1 aromatic carbocycles. The molecule has 0 saturated carbocycles. The second-order valence-corrected chi connectivity index (χ2v) is 7.30. The van der Waals surface area contributed by atoms with Crippen molar-refractivity contribution in [3.63, 3.8) is 0 Å². The molecular formula is C21H26O7. The molecule has 0 saturated heterocycles. The Morgan fingerprint density at radius 3 is 2.79 bits per heavy atom. The van der Waals surface area contributed by atoms with Crippen LogP contribution in [0.1, 0.15) is 38.3 Å². The first-order valence-corrected chi connectivity index (χ1v) is 9.34. The van der Waals surface area contributed by atoms with Gasteiger partial charge in [-0.25, -0.2) is 4.79 Å². The van der Waals surface area contributed by atoms with E-state index in [4.69, 9.17) is 24.1 Å². The lowest BCUT2D eigenvalue weighted by Gasteiger charge is -2.24. The SMILES string of the molecule is C=C1C=C(C(=O)OCC)Oc2cc3c(c(OCCCO)c21)CC(C(C)(C)O)O3. The number of carbonyl (C=O) groups is 1. The molecule has 0 amide bonds. The van der Waals surface area contributed by atoms with Crippen LogP contribution in [0.5, 0.6) is 17.2 Å². The fourth-order valence-electron chi connectivity index (χ4n) is 3.19. The Balaban J connectivity index is 2.02. The molecule has 0 aromatic heterocycles. The summed E-state index contributed by atoms with van der Waals surface area (Å²) < 4.78 is 22.7. The zero-order valence-electron chi connectivity index (χ0n) is 16.4. The second kappa shape index (κ2) is 7.85. The Kier molecular flexibility index (Phi) is 5.67. The lowest BCUT2D eigenvalue weighted by molar-refractivity contribution is -0.141. The molecule has 0 bridgehead atoms. The summed E-state index contributed by atoms with van der Waals surface area (Å²) in [6, 6.07) is 1.69. The van der Waals surface area contributed by atoms with Gasteiger partial charge in [0.2, 0.25) is 5.76 Å². The number of hydrogen-bond donors (Lipinski definition) is 2. The molecule has 1 atom stereocenters. The van der Waals surface area contributed by atoms with Gasteiger partial charge in [0.1, 0.15) is 23.4 Å². The van der Waals surface area contributed by atoms with Gasteiger partial charge < -0.3 is 29.2 Å². The van der Waals surface area contributed by atoms with Gasteiger partial charge in [0.05, 0.1) is 24.4 Å². The van der Waals surface area contributed by atoms with E-state index in [1.54, 1.807) is 26.8 Å². The summed E-state index contributed by atoms with van der Waals surface area (Å²) in [5.74, 6) is 0.912. The fourth-order valence-corrected chi connectivity index (χ4v) is 3.19. The molecule has 3 rings (SSSR count). The van der Waals surface area contributed by atoms with E-state index < -0.39 is 17.7 Å². The summed E-state index contributed by atoms with van der Waals surface area (Å²) in [4.78, 5) is 12.1. The molecule has 7 heteroatoms. The van der Waals surface area contributed by atoms with Gasteiger partial charge in [0.25, 0.3) is 0 Å². The Bertz CT molecular complexity index is 817. The zero-order valence-corrected chi connectivity index (χ0v) is 16.4. The zero-order chi connectivity index (χ0) is 20.5. The van der Waals surface area contributed by atoms with E-state index >= 15 is 0 Å². The van der Waals surface area contributed by atoms with Gasteiger partial charge in [-0.15, -0.1) is 0 Å². The number of esters is 1. The number of allylic oxidation sites excluding steroid dienone is 2. The van der Waals surface area contributed by atoms with Crippen LogP contribution < -0.4 is 14.2 Å². The molecule has 1 aromatic rings. The monoisotopic (exact) mass is 390 g/mol. The highest BCUT2D eigenvalue weighted by Gasteiger charge is 2.39. The van der Waals surface area contributed by atoms with E-state index in [0.717, 1.165) is 5.56 Å². The minimum Gasteiger partial charge on any atom is -0.492 e. The smallest absolute Gasteiger partial charge is 0.374 e. The highest BCUT2D eigenvalue weighted by Crippen LogP contribution is 2.49. The number of aliphatic hydroxyl groups is 2. The number of ether oxygens (including phenoxy) is 4. The van der Waals surface area contributed by atoms with Gasteiger partial charge in [-0.2, -0.15) is 0 Å². The molecule has 2 aliphatic heterocycles. The van der Waals surface area contributed by atoms with Crippen molar-refractivity contribution in [2.75, 3.05) is 19.8 Å². The Morgan fingerprint density at radius 1 is 1.39 bits per heavy atom. The summed E-state index contributed by atoms with van der Waals surface area (Å²) in [5.41, 5.74) is 0.942. The summed E-state index contributed by atoms with van der Waals surface area (Å²) in [5, 5.41) is 19.4. The van der Waals surface area contributed by atoms with E-state index in [2.05, 4.69) is 6.58 Å². The van der Waals surface area contributed by atoms with Gasteiger partial charge in [-0.3, -0.25) is 0 Å². The van der Waals surface area contributed by atoms with Crippen LogP contribution in [-0.4, -0.2) is 47.7 Å². The largest absolute Gasteiger partial charge is 0.492 e. The highest BCUT2D eigenvalue weighted by atomic mass is 16.6. The third-order valence-corrected chi connectivity index (χ3v) is 4.63. The number of fused-ring (bicyclic) bond motifs is 2. The highest BCUT2D eigenvalue weighted by molar-refractivity contribution is 5.95. The lowest BCUT2D eigenvalue weighted by Crippen LogP contribution is -2.39. The maximum Gasteiger partial charge on any atom is 0.374 e. The van der Waals surface area contributed by atoms with Gasteiger partial charge in [-0.05, 0) is 32.4 Å². The number of carbonyl (C=O) groups excluding carboxylic acids is 1. The average Bonchev–Trinajstić information content (AvgIpc) is 3.05. The predicted molar refractivity (Wildman–Crippen MR) is 102 cm³/mol. The van der Waals surface area contributed by atoms with Crippen LogP contribution >= 0.6 is 0 Å². The predicted octanol–water partition coefficient (Wildman–Crippen LogP) is 2.37. The van der Waals surface area contributed by atoms with Crippen LogP contribution in [0.15, 0.2) is 24.5 Å². The van der Waals surface area contributed by atoms with Crippen molar-refractivity contribution in [2.24, 2.45) is 0 Å². The molecule has 7 nitrogen and oxygen atoms in total. The van der Waals surface area contributed by atoms with Crippen molar-refractivity contribution in [1.82, 2.24) is 0 Å². The minimum absolute atomic E-state index is 0.00433. The van der Waals surface area contributed by atoms with Gasteiger partial charge >= 0.3 is 5.97 Å². The Hall–Kier alpha value is -2.51. The van der Waals surface area contributed by atoms with E-state index in [-0.39, 0.29) is 19.0 Å².